The summed E-state index contributed by atoms with van der Waals surface area (Å²) in [4.78, 5) is 0.547. The van der Waals surface area contributed by atoms with Crippen molar-refractivity contribution >= 4 is 15.9 Å². The van der Waals surface area contributed by atoms with Crippen molar-refractivity contribution in [3.63, 3.8) is 0 Å². The Morgan fingerprint density at radius 1 is 1.06 bits per heavy atom. The Balaban J connectivity index is 1.90. The van der Waals surface area contributed by atoms with Crippen LogP contribution < -0.4 is 0 Å². The minimum absolute atomic E-state index is 0.144. The summed E-state index contributed by atoms with van der Waals surface area (Å²) in [6.45, 7) is 0. The highest BCUT2D eigenvalue weighted by molar-refractivity contribution is 9.09. The van der Waals surface area contributed by atoms with Crippen LogP contribution in [0.5, 0.6) is 0 Å². The van der Waals surface area contributed by atoms with Crippen LogP contribution in [0.2, 0.25) is 0 Å². The molecule has 0 amide bonds. The fourth-order valence-electron chi connectivity index (χ4n) is 2.68. The second-order valence-electron chi connectivity index (χ2n) is 5.10. The van der Waals surface area contributed by atoms with Crippen LogP contribution in [0, 0.1) is 11.7 Å². The molecule has 1 aliphatic rings. The standard InChI is InChI=1S/C15H20BrF/c16-15(13-5-3-1-2-4-6-13)11-12-7-9-14(17)10-8-12/h7-10,13,15H,1-6,11H2. The van der Waals surface area contributed by atoms with E-state index in [0.29, 0.717) is 4.83 Å². The van der Waals surface area contributed by atoms with E-state index in [2.05, 4.69) is 15.9 Å². The van der Waals surface area contributed by atoms with Crippen molar-refractivity contribution in [2.45, 2.75) is 49.8 Å². The fourth-order valence-corrected chi connectivity index (χ4v) is 3.59. The third-order valence-corrected chi connectivity index (χ3v) is 4.83. The van der Waals surface area contributed by atoms with Crippen LogP contribution in [-0.2, 0) is 6.42 Å². The van der Waals surface area contributed by atoms with Crippen molar-refractivity contribution in [2.75, 3.05) is 0 Å². The summed E-state index contributed by atoms with van der Waals surface area (Å²) in [5.41, 5.74) is 1.23. The zero-order valence-corrected chi connectivity index (χ0v) is 11.8. The Kier molecular flexibility index (Phi) is 5.02. The van der Waals surface area contributed by atoms with Crippen molar-refractivity contribution < 1.29 is 4.39 Å². The minimum atomic E-state index is -0.144. The maximum Gasteiger partial charge on any atom is 0.123 e. The van der Waals surface area contributed by atoms with Gasteiger partial charge >= 0.3 is 0 Å². The SMILES string of the molecule is Fc1ccc(CC(Br)C2CCCCCC2)cc1. The molecule has 1 aromatic carbocycles. The number of benzene rings is 1. The van der Waals surface area contributed by atoms with E-state index in [9.17, 15) is 4.39 Å². The molecule has 0 spiro atoms. The van der Waals surface area contributed by atoms with E-state index in [1.54, 1.807) is 12.1 Å². The third kappa shape index (κ3) is 4.09. The molecular weight excluding hydrogens is 279 g/mol. The van der Waals surface area contributed by atoms with Gasteiger partial charge in [0.05, 0.1) is 0 Å². The lowest BCUT2D eigenvalue weighted by atomic mass is 9.93. The summed E-state index contributed by atoms with van der Waals surface area (Å²) < 4.78 is 12.8. The van der Waals surface area contributed by atoms with Crippen molar-refractivity contribution in [3.05, 3.63) is 35.6 Å². The molecule has 1 fully saturated rings. The molecule has 1 unspecified atom stereocenters. The number of halogens is 2. The van der Waals surface area contributed by atoms with Crippen LogP contribution in [0.25, 0.3) is 0 Å². The molecule has 2 heteroatoms. The Labute approximate surface area is 112 Å². The monoisotopic (exact) mass is 298 g/mol. The highest BCUT2D eigenvalue weighted by Crippen LogP contribution is 2.31. The fraction of sp³-hybridized carbons (Fsp3) is 0.600. The molecule has 0 saturated heterocycles. The quantitative estimate of drug-likeness (QED) is 0.538. The Bertz CT molecular complexity index is 325. The minimum Gasteiger partial charge on any atom is -0.207 e. The van der Waals surface area contributed by atoms with Crippen LogP contribution in [0.1, 0.15) is 44.1 Å². The maximum absolute atomic E-state index is 12.8. The second kappa shape index (κ2) is 6.53. The lowest BCUT2D eigenvalue weighted by Gasteiger charge is -2.20. The molecule has 2 rings (SSSR count). The first kappa shape index (κ1) is 13.1. The molecule has 94 valence electrons. The van der Waals surface area contributed by atoms with Crippen LogP contribution in [0.4, 0.5) is 4.39 Å². The van der Waals surface area contributed by atoms with E-state index in [4.69, 9.17) is 0 Å². The normalized spacial score (nSPS) is 19.9. The summed E-state index contributed by atoms with van der Waals surface area (Å²) >= 11 is 3.84. The Morgan fingerprint density at radius 3 is 2.24 bits per heavy atom. The smallest absolute Gasteiger partial charge is 0.123 e. The van der Waals surface area contributed by atoms with E-state index in [1.165, 1.54) is 44.1 Å². The highest BCUT2D eigenvalue weighted by atomic mass is 79.9. The van der Waals surface area contributed by atoms with Gasteiger partial charge in [0.15, 0.2) is 0 Å². The highest BCUT2D eigenvalue weighted by Gasteiger charge is 2.20. The van der Waals surface area contributed by atoms with E-state index < -0.39 is 0 Å². The zero-order valence-electron chi connectivity index (χ0n) is 10.2. The van der Waals surface area contributed by atoms with E-state index in [-0.39, 0.29) is 5.82 Å². The van der Waals surface area contributed by atoms with Crippen LogP contribution in [0.3, 0.4) is 0 Å². The molecule has 1 aliphatic carbocycles. The molecule has 0 radical (unpaired) electrons. The summed E-state index contributed by atoms with van der Waals surface area (Å²) in [5, 5.41) is 0. The van der Waals surface area contributed by atoms with Gasteiger partial charge in [-0.05, 0) is 42.9 Å². The van der Waals surface area contributed by atoms with Crippen molar-refractivity contribution in [1.82, 2.24) is 0 Å². The molecule has 0 aromatic heterocycles. The van der Waals surface area contributed by atoms with Gasteiger partial charge in [0.25, 0.3) is 0 Å². The van der Waals surface area contributed by atoms with Gasteiger partial charge in [0.1, 0.15) is 5.82 Å². The summed E-state index contributed by atoms with van der Waals surface area (Å²) in [7, 11) is 0. The van der Waals surface area contributed by atoms with Crippen molar-refractivity contribution in [3.8, 4) is 0 Å². The number of hydrogen-bond donors (Lipinski definition) is 0. The van der Waals surface area contributed by atoms with E-state index in [1.807, 2.05) is 12.1 Å². The third-order valence-electron chi connectivity index (χ3n) is 3.76. The molecule has 17 heavy (non-hydrogen) atoms. The maximum atomic E-state index is 12.8. The Hall–Kier alpha value is -0.370. The average Bonchev–Trinajstić information content (AvgIpc) is 2.61. The van der Waals surface area contributed by atoms with Crippen LogP contribution in [-0.4, -0.2) is 4.83 Å². The first-order valence-corrected chi connectivity index (χ1v) is 7.56. The first-order valence-electron chi connectivity index (χ1n) is 6.64. The second-order valence-corrected chi connectivity index (χ2v) is 6.27. The summed E-state index contributed by atoms with van der Waals surface area (Å²) in [6.07, 6.45) is 9.24. The molecule has 0 bridgehead atoms. The van der Waals surface area contributed by atoms with E-state index in [0.717, 1.165) is 12.3 Å². The summed E-state index contributed by atoms with van der Waals surface area (Å²) in [6, 6.07) is 6.92. The topological polar surface area (TPSA) is 0 Å². The number of rotatable bonds is 3. The van der Waals surface area contributed by atoms with Gasteiger partial charge in [0.2, 0.25) is 0 Å². The molecule has 0 aliphatic heterocycles. The van der Waals surface area contributed by atoms with Gasteiger partial charge in [0, 0.05) is 4.83 Å². The van der Waals surface area contributed by atoms with Crippen LogP contribution >= 0.6 is 15.9 Å². The summed E-state index contributed by atoms with van der Waals surface area (Å²) in [5.74, 6) is 0.650. The van der Waals surface area contributed by atoms with Gasteiger partial charge in [-0.25, -0.2) is 4.39 Å². The molecule has 0 heterocycles. The average molecular weight is 299 g/mol. The lowest BCUT2D eigenvalue weighted by molar-refractivity contribution is 0.445. The molecule has 0 nitrogen and oxygen atoms in total. The largest absolute Gasteiger partial charge is 0.207 e. The lowest BCUT2D eigenvalue weighted by Crippen LogP contribution is -2.16. The number of hydrogen-bond acceptors (Lipinski definition) is 0. The van der Waals surface area contributed by atoms with E-state index >= 15 is 0 Å². The van der Waals surface area contributed by atoms with Gasteiger partial charge in [-0.3, -0.25) is 0 Å². The molecular formula is C15H20BrF. The predicted octanol–water partition coefficient (Wildman–Crippen LogP) is 5.10. The van der Waals surface area contributed by atoms with Gasteiger partial charge < -0.3 is 0 Å². The zero-order chi connectivity index (χ0) is 12.1. The molecule has 1 aromatic rings. The first-order chi connectivity index (χ1) is 8.25. The van der Waals surface area contributed by atoms with Crippen molar-refractivity contribution in [2.24, 2.45) is 5.92 Å². The Morgan fingerprint density at radius 2 is 1.65 bits per heavy atom. The van der Waals surface area contributed by atoms with Gasteiger partial charge in [-0.1, -0.05) is 53.7 Å². The van der Waals surface area contributed by atoms with Gasteiger partial charge in [-0.2, -0.15) is 0 Å². The molecule has 0 N–H and O–H groups in total. The number of alkyl halides is 1. The van der Waals surface area contributed by atoms with Gasteiger partial charge in [-0.15, -0.1) is 0 Å². The van der Waals surface area contributed by atoms with Crippen molar-refractivity contribution in [1.29, 1.82) is 0 Å². The van der Waals surface area contributed by atoms with Crippen LogP contribution in [0.15, 0.2) is 24.3 Å². The molecule has 1 atom stereocenters. The predicted molar refractivity (Wildman–Crippen MR) is 74.0 cm³/mol. The molecule has 1 saturated carbocycles.